The Labute approximate surface area is 108 Å². The minimum Gasteiger partial charge on any atom is -0.318 e. The predicted molar refractivity (Wildman–Crippen MR) is 68.4 cm³/mol. The first-order chi connectivity index (χ1) is 6.58. The summed E-state index contributed by atoms with van der Waals surface area (Å²) in [4.78, 5) is 0. The van der Waals surface area contributed by atoms with Gasteiger partial charge >= 0.3 is 0 Å². The van der Waals surface area contributed by atoms with E-state index in [0.717, 1.165) is 0 Å². The van der Waals surface area contributed by atoms with E-state index in [1.165, 1.54) is 11.3 Å². The zero-order chi connectivity index (χ0) is 10.6. The minimum atomic E-state index is -3.34. The molecule has 15 heavy (non-hydrogen) atoms. The fourth-order valence-electron chi connectivity index (χ4n) is 0.848. The second-order valence-corrected chi connectivity index (χ2v) is 6.29. The first-order valence-corrected chi connectivity index (χ1v) is 7.11. The summed E-state index contributed by atoms with van der Waals surface area (Å²) in [5.41, 5.74) is 0. The topological polar surface area (TPSA) is 58.2 Å². The second kappa shape index (κ2) is 6.82. The van der Waals surface area contributed by atoms with E-state index in [2.05, 4.69) is 26.0 Å². The molecular formula is C7H12BrClN2O2S2. The number of hydrogen-bond acceptors (Lipinski definition) is 4. The normalized spacial score (nSPS) is 11.1. The number of halogens is 2. The van der Waals surface area contributed by atoms with Crippen LogP contribution < -0.4 is 10.0 Å². The van der Waals surface area contributed by atoms with E-state index < -0.39 is 10.0 Å². The Morgan fingerprint density at radius 3 is 2.60 bits per heavy atom. The zero-order valence-corrected chi connectivity index (χ0v) is 12.0. The van der Waals surface area contributed by atoms with Gasteiger partial charge in [-0.1, -0.05) is 0 Å². The molecule has 1 aromatic heterocycles. The first-order valence-electron chi connectivity index (χ1n) is 3.95. The molecule has 0 bridgehead atoms. The molecule has 0 aromatic carbocycles. The van der Waals surface area contributed by atoms with Crippen molar-refractivity contribution in [1.29, 1.82) is 0 Å². The van der Waals surface area contributed by atoms with Gasteiger partial charge in [-0.25, -0.2) is 13.1 Å². The molecule has 0 aliphatic rings. The molecule has 0 fully saturated rings. The first kappa shape index (κ1) is 15.3. The Morgan fingerprint density at radius 2 is 2.13 bits per heavy atom. The lowest BCUT2D eigenvalue weighted by atomic mass is 10.7. The van der Waals surface area contributed by atoms with Crippen LogP contribution >= 0.6 is 39.7 Å². The van der Waals surface area contributed by atoms with Crippen LogP contribution in [0, 0.1) is 0 Å². The molecule has 8 heteroatoms. The van der Waals surface area contributed by atoms with E-state index in [1.54, 1.807) is 18.5 Å². The Bertz CT molecular complexity index is 393. The summed E-state index contributed by atoms with van der Waals surface area (Å²) in [6.45, 7) is 1.01. The van der Waals surface area contributed by atoms with Crippen LogP contribution in [0.5, 0.6) is 0 Å². The van der Waals surface area contributed by atoms with Crippen LogP contribution in [-0.2, 0) is 10.0 Å². The molecular weight excluding hydrogens is 324 g/mol. The molecule has 1 aromatic rings. The van der Waals surface area contributed by atoms with Crippen LogP contribution in [0.15, 0.2) is 20.1 Å². The van der Waals surface area contributed by atoms with Crippen molar-refractivity contribution in [3.05, 3.63) is 15.9 Å². The molecule has 0 saturated heterocycles. The van der Waals surface area contributed by atoms with E-state index in [9.17, 15) is 8.42 Å². The van der Waals surface area contributed by atoms with E-state index >= 15 is 0 Å². The van der Waals surface area contributed by atoms with Crippen molar-refractivity contribution < 1.29 is 8.42 Å². The molecule has 88 valence electrons. The molecule has 1 rings (SSSR count). The summed E-state index contributed by atoms with van der Waals surface area (Å²) >= 11 is 4.38. The number of likely N-dealkylation sites (N-methyl/N-ethyl adjacent to an activating group) is 1. The molecule has 2 N–H and O–H groups in total. The summed E-state index contributed by atoms with van der Waals surface area (Å²) in [5, 5.41) is 4.60. The highest BCUT2D eigenvalue weighted by Crippen LogP contribution is 2.26. The minimum absolute atomic E-state index is 0. The van der Waals surface area contributed by atoms with Gasteiger partial charge in [-0.3, -0.25) is 0 Å². The van der Waals surface area contributed by atoms with Crippen LogP contribution in [0.4, 0.5) is 0 Å². The molecule has 0 aliphatic carbocycles. The summed E-state index contributed by atoms with van der Waals surface area (Å²) in [5.74, 6) is 0. The zero-order valence-electron chi connectivity index (χ0n) is 7.99. The van der Waals surface area contributed by atoms with Crippen molar-refractivity contribution in [2.75, 3.05) is 20.1 Å². The van der Waals surface area contributed by atoms with Gasteiger partial charge in [0.15, 0.2) is 0 Å². The quantitative estimate of drug-likeness (QED) is 0.800. The number of nitrogens with one attached hydrogen (secondary N) is 2. The third-order valence-corrected chi connectivity index (χ3v) is 5.63. The largest absolute Gasteiger partial charge is 0.318 e. The maximum Gasteiger partial charge on any atom is 0.251 e. The SMILES string of the molecule is CNCCNS(=O)(=O)c1sccc1Br.Cl. The highest BCUT2D eigenvalue weighted by Gasteiger charge is 2.17. The van der Waals surface area contributed by atoms with Gasteiger partial charge in [0, 0.05) is 17.6 Å². The lowest BCUT2D eigenvalue weighted by Crippen LogP contribution is -2.30. The van der Waals surface area contributed by atoms with E-state index in [0.29, 0.717) is 21.8 Å². The van der Waals surface area contributed by atoms with Gasteiger partial charge < -0.3 is 5.32 Å². The summed E-state index contributed by atoms with van der Waals surface area (Å²) < 4.78 is 26.7. The average molecular weight is 336 g/mol. The van der Waals surface area contributed by atoms with Crippen LogP contribution in [-0.4, -0.2) is 28.6 Å². The molecule has 0 atom stereocenters. The van der Waals surface area contributed by atoms with Gasteiger partial charge in [0.1, 0.15) is 4.21 Å². The molecule has 0 spiro atoms. The van der Waals surface area contributed by atoms with Crippen molar-refractivity contribution >= 4 is 49.7 Å². The van der Waals surface area contributed by atoms with Gasteiger partial charge in [0.2, 0.25) is 0 Å². The Balaban J connectivity index is 0.00000196. The smallest absolute Gasteiger partial charge is 0.251 e. The van der Waals surface area contributed by atoms with Crippen LogP contribution in [0.25, 0.3) is 0 Å². The lowest BCUT2D eigenvalue weighted by Gasteiger charge is -2.04. The fraction of sp³-hybridized carbons (Fsp3) is 0.429. The number of thiophene rings is 1. The van der Waals surface area contributed by atoms with Gasteiger partial charge in [0.25, 0.3) is 10.0 Å². The monoisotopic (exact) mass is 334 g/mol. The fourth-order valence-corrected chi connectivity index (χ4v) is 4.26. The lowest BCUT2D eigenvalue weighted by molar-refractivity contribution is 0.581. The van der Waals surface area contributed by atoms with Crippen LogP contribution in [0.3, 0.4) is 0 Å². The van der Waals surface area contributed by atoms with Gasteiger partial charge in [-0.05, 0) is 34.4 Å². The molecule has 0 amide bonds. The molecule has 0 unspecified atom stereocenters. The van der Waals surface area contributed by atoms with Gasteiger partial charge in [0.05, 0.1) is 0 Å². The summed E-state index contributed by atoms with van der Waals surface area (Å²) in [6, 6.07) is 1.72. The van der Waals surface area contributed by atoms with Crippen molar-refractivity contribution in [2.45, 2.75) is 4.21 Å². The van der Waals surface area contributed by atoms with Gasteiger partial charge in [-0.2, -0.15) is 0 Å². The maximum absolute atomic E-state index is 11.6. The number of sulfonamides is 1. The second-order valence-electron chi connectivity index (χ2n) is 2.56. The molecule has 0 saturated carbocycles. The van der Waals surface area contributed by atoms with Crippen molar-refractivity contribution in [3.8, 4) is 0 Å². The van der Waals surface area contributed by atoms with E-state index in [-0.39, 0.29) is 12.4 Å². The van der Waals surface area contributed by atoms with Gasteiger partial charge in [-0.15, -0.1) is 23.7 Å². The third-order valence-electron chi connectivity index (χ3n) is 1.50. The van der Waals surface area contributed by atoms with E-state index in [4.69, 9.17) is 0 Å². The third kappa shape index (κ3) is 4.38. The number of rotatable bonds is 5. The van der Waals surface area contributed by atoms with Crippen molar-refractivity contribution in [3.63, 3.8) is 0 Å². The molecule has 1 heterocycles. The summed E-state index contributed by atoms with van der Waals surface area (Å²) in [6.07, 6.45) is 0. The Hall–Kier alpha value is 0.340. The molecule has 4 nitrogen and oxygen atoms in total. The predicted octanol–water partition coefficient (Wildman–Crippen LogP) is 1.43. The van der Waals surface area contributed by atoms with E-state index in [1.807, 2.05) is 0 Å². The number of hydrogen-bond donors (Lipinski definition) is 2. The maximum atomic E-state index is 11.6. The van der Waals surface area contributed by atoms with Crippen molar-refractivity contribution in [2.24, 2.45) is 0 Å². The van der Waals surface area contributed by atoms with Crippen LogP contribution in [0.2, 0.25) is 0 Å². The molecule has 0 aliphatic heterocycles. The summed E-state index contributed by atoms with van der Waals surface area (Å²) in [7, 11) is -1.57. The molecule has 0 radical (unpaired) electrons. The average Bonchev–Trinajstić information content (AvgIpc) is 2.52. The Kier molecular flexibility index (Phi) is 6.98. The Morgan fingerprint density at radius 1 is 1.47 bits per heavy atom. The standard InChI is InChI=1S/C7H11BrN2O2S2.ClH/c1-9-3-4-10-14(11,12)7-6(8)2-5-13-7;/h2,5,9-10H,3-4H2,1H3;1H. The van der Waals surface area contributed by atoms with Crippen molar-refractivity contribution in [1.82, 2.24) is 10.0 Å². The highest BCUT2D eigenvalue weighted by atomic mass is 79.9. The highest BCUT2D eigenvalue weighted by molar-refractivity contribution is 9.10. The van der Waals surface area contributed by atoms with Crippen LogP contribution in [0.1, 0.15) is 0 Å².